The summed E-state index contributed by atoms with van der Waals surface area (Å²) in [7, 11) is -2.84. The molecule has 2 heterocycles. The highest BCUT2D eigenvalue weighted by atomic mass is 32.2. The minimum atomic E-state index is -2.84. The number of rotatable bonds is 4. The highest BCUT2D eigenvalue weighted by Gasteiger charge is 2.21. The molecule has 0 radical (unpaired) electrons. The smallest absolute Gasteiger partial charge is 0.328 e. The van der Waals surface area contributed by atoms with Crippen LogP contribution in [0.15, 0.2) is 18.2 Å². The minimum absolute atomic E-state index is 0.226. The molecule has 7 heteroatoms. The van der Waals surface area contributed by atoms with E-state index in [2.05, 4.69) is 4.90 Å². The molecule has 1 saturated heterocycles. The SMILES string of the molecule is O=C(O)/C=C/c1ccc(CN2CCS(=O)(=O)CC2)s1. The standard InChI is InChI=1S/C12H15NO4S2/c14-12(15)4-3-10-1-2-11(18-10)9-13-5-7-19(16,17)8-6-13/h1-4H,5-9H2,(H,14,15)/b4-3+. The second-order valence-corrected chi connectivity index (χ2v) is 7.91. The van der Waals surface area contributed by atoms with Crippen LogP contribution in [0.1, 0.15) is 9.75 Å². The monoisotopic (exact) mass is 301 g/mol. The Labute approximate surface area is 116 Å². The van der Waals surface area contributed by atoms with Gasteiger partial charge in [0.1, 0.15) is 0 Å². The Hall–Kier alpha value is -1.18. The van der Waals surface area contributed by atoms with Gasteiger partial charge in [-0.2, -0.15) is 0 Å². The summed E-state index contributed by atoms with van der Waals surface area (Å²) in [6.45, 7) is 1.86. The van der Waals surface area contributed by atoms with Crippen LogP contribution in [0.3, 0.4) is 0 Å². The third-order valence-electron chi connectivity index (χ3n) is 2.89. The summed E-state index contributed by atoms with van der Waals surface area (Å²) in [5.74, 6) is -0.509. The van der Waals surface area contributed by atoms with E-state index in [0.29, 0.717) is 13.1 Å². The van der Waals surface area contributed by atoms with E-state index in [1.165, 1.54) is 11.3 Å². The molecule has 0 aliphatic carbocycles. The normalized spacial score (nSPS) is 19.8. The van der Waals surface area contributed by atoms with Crippen molar-refractivity contribution in [3.8, 4) is 0 Å². The van der Waals surface area contributed by atoms with E-state index in [1.807, 2.05) is 12.1 Å². The minimum Gasteiger partial charge on any atom is -0.478 e. The van der Waals surface area contributed by atoms with Gasteiger partial charge in [-0.25, -0.2) is 13.2 Å². The Kier molecular flexibility index (Phi) is 4.38. The summed E-state index contributed by atoms with van der Waals surface area (Å²) in [5, 5.41) is 8.54. The van der Waals surface area contributed by atoms with Gasteiger partial charge in [-0.3, -0.25) is 4.90 Å². The fourth-order valence-corrected chi connectivity index (χ4v) is 4.09. The van der Waals surface area contributed by atoms with Crippen molar-refractivity contribution in [3.63, 3.8) is 0 Å². The number of sulfone groups is 1. The van der Waals surface area contributed by atoms with Gasteiger partial charge in [0.05, 0.1) is 11.5 Å². The first kappa shape index (κ1) is 14.2. The lowest BCUT2D eigenvalue weighted by Crippen LogP contribution is -2.39. The number of nitrogens with zero attached hydrogens (tertiary/aromatic N) is 1. The summed E-state index contributed by atoms with van der Waals surface area (Å²) in [4.78, 5) is 14.5. The second kappa shape index (κ2) is 5.85. The van der Waals surface area contributed by atoms with E-state index in [-0.39, 0.29) is 11.5 Å². The molecular weight excluding hydrogens is 286 g/mol. The van der Waals surface area contributed by atoms with E-state index in [0.717, 1.165) is 22.4 Å². The van der Waals surface area contributed by atoms with Gasteiger partial charge < -0.3 is 5.11 Å². The summed E-state index contributed by atoms with van der Waals surface area (Å²) in [5.41, 5.74) is 0. The van der Waals surface area contributed by atoms with Crippen molar-refractivity contribution < 1.29 is 18.3 Å². The highest BCUT2D eigenvalue weighted by Crippen LogP contribution is 2.20. The van der Waals surface area contributed by atoms with Crippen LogP contribution in [0, 0.1) is 0 Å². The Balaban J connectivity index is 1.92. The maximum Gasteiger partial charge on any atom is 0.328 e. The van der Waals surface area contributed by atoms with Gasteiger partial charge in [-0.05, 0) is 18.2 Å². The van der Waals surface area contributed by atoms with Crippen LogP contribution in [-0.2, 0) is 21.2 Å². The fraction of sp³-hybridized carbons (Fsp3) is 0.417. The molecule has 1 fully saturated rings. The zero-order chi connectivity index (χ0) is 13.9. The molecule has 1 aromatic rings. The molecule has 0 amide bonds. The van der Waals surface area contributed by atoms with Gasteiger partial charge in [-0.1, -0.05) is 0 Å². The van der Waals surface area contributed by atoms with Crippen LogP contribution in [0.4, 0.5) is 0 Å². The third kappa shape index (κ3) is 4.45. The number of carboxylic acids is 1. The van der Waals surface area contributed by atoms with Crippen molar-refractivity contribution in [1.29, 1.82) is 0 Å². The van der Waals surface area contributed by atoms with Crippen LogP contribution in [0.5, 0.6) is 0 Å². The molecule has 0 saturated carbocycles. The second-order valence-electron chi connectivity index (χ2n) is 4.40. The molecule has 19 heavy (non-hydrogen) atoms. The predicted octanol–water partition coefficient (Wildman–Crippen LogP) is 1.08. The third-order valence-corrected chi connectivity index (χ3v) is 5.53. The van der Waals surface area contributed by atoms with Gasteiger partial charge in [0.25, 0.3) is 0 Å². The number of hydrogen-bond donors (Lipinski definition) is 1. The van der Waals surface area contributed by atoms with Gasteiger partial charge >= 0.3 is 5.97 Å². The molecule has 2 rings (SSSR count). The maximum atomic E-state index is 11.3. The first-order valence-electron chi connectivity index (χ1n) is 5.87. The summed E-state index contributed by atoms with van der Waals surface area (Å²) in [6, 6.07) is 3.83. The molecule has 1 aromatic heterocycles. The van der Waals surface area contributed by atoms with E-state index in [4.69, 9.17) is 5.11 Å². The van der Waals surface area contributed by atoms with Crippen LogP contribution < -0.4 is 0 Å². The number of aliphatic carboxylic acids is 1. The Bertz CT molecular complexity index is 575. The molecule has 1 N–H and O–H groups in total. The topological polar surface area (TPSA) is 74.7 Å². The van der Waals surface area contributed by atoms with E-state index < -0.39 is 15.8 Å². The number of carboxylic acid groups (broad SMARTS) is 1. The maximum absolute atomic E-state index is 11.3. The molecule has 0 unspecified atom stereocenters. The highest BCUT2D eigenvalue weighted by molar-refractivity contribution is 7.91. The molecule has 0 bridgehead atoms. The Morgan fingerprint density at radius 1 is 1.37 bits per heavy atom. The number of hydrogen-bond acceptors (Lipinski definition) is 5. The molecule has 0 atom stereocenters. The molecule has 0 spiro atoms. The van der Waals surface area contributed by atoms with Crippen LogP contribution in [-0.4, -0.2) is 49.0 Å². The first-order chi connectivity index (χ1) is 8.94. The average Bonchev–Trinajstić information content (AvgIpc) is 2.77. The van der Waals surface area contributed by atoms with Crippen molar-refractivity contribution in [2.75, 3.05) is 24.6 Å². The predicted molar refractivity (Wildman–Crippen MR) is 74.9 cm³/mol. The lowest BCUT2D eigenvalue weighted by molar-refractivity contribution is -0.131. The zero-order valence-corrected chi connectivity index (χ0v) is 11.9. The molecular formula is C12H15NO4S2. The lowest BCUT2D eigenvalue weighted by atomic mass is 10.3. The molecule has 0 aromatic carbocycles. The Morgan fingerprint density at radius 2 is 2.05 bits per heavy atom. The summed E-state index contributed by atoms with van der Waals surface area (Å²) >= 11 is 1.53. The number of carbonyl (C=O) groups is 1. The van der Waals surface area contributed by atoms with E-state index >= 15 is 0 Å². The van der Waals surface area contributed by atoms with Crippen LogP contribution in [0.25, 0.3) is 6.08 Å². The molecule has 1 aliphatic heterocycles. The summed E-state index contributed by atoms with van der Waals surface area (Å²) in [6.07, 6.45) is 2.68. The van der Waals surface area contributed by atoms with Gasteiger partial charge in [-0.15, -0.1) is 11.3 Å². The molecule has 104 valence electrons. The largest absolute Gasteiger partial charge is 0.478 e. The van der Waals surface area contributed by atoms with Gasteiger partial charge in [0.15, 0.2) is 9.84 Å². The summed E-state index contributed by atoms with van der Waals surface area (Å²) < 4.78 is 22.6. The van der Waals surface area contributed by atoms with E-state index in [9.17, 15) is 13.2 Å². The van der Waals surface area contributed by atoms with E-state index in [1.54, 1.807) is 6.08 Å². The molecule has 5 nitrogen and oxygen atoms in total. The zero-order valence-electron chi connectivity index (χ0n) is 10.3. The quantitative estimate of drug-likeness (QED) is 0.842. The average molecular weight is 301 g/mol. The van der Waals surface area contributed by atoms with Crippen LogP contribution >= 0.6 is 11.3 Å². The van der Waals surface area contributed by atoms with Crippen molar-refractivity contribution in [1.82, 2.24) is 4.90 Å². The van der Waals surface area contributed by atoms with Gasteiger partial charge in [0.2, 0.25) is 0 Å². The van der Waals surface area contributed by atoms with Crippen molar-refractivity contribution in [2.45, 2.75) is 6.54 Å². The Morgan fingerprint density at radius 3 is 2.68 bits per heavy atom. The van der Waals surface area contributed by atoms with Crippen LogP contribution in [0.2, 0.25) is 0 Å². The van der Waals surface area contributed by atoms with Crippen molar-refractivity contribution in [2.24, 2.45) is 0 Å². The van der Waals surface area contributed by atoms with Gasteiger partial charge in [0, 0.05) is 35.5 Å². The van der Waals surface area contributed by atoms with Crippen molar-refractivity contribution in [3.05, 3.63) is 28.0 Å². The first-order valence-corrected chi connectivity index (χ1v) is 8.51. The molecule has 1 aliphatic rings. The van der Waals surface area contributed by atoms with Crippen molar-refractivity contribution >= 4 is 33.2 Å². The number of thiophene rings is 1. The fourth-order valence-electron chi connectivity index (χ4n) is 1.85. The lowest BCUT2D eigenvalue weighted by Gasteiger charge is -2.25.